The molecule has 2 heteroatoms. The summed E-state index contributed by atoms with van der Waals surface area (Å²) < 4.78 is 0. The zero-order chi connectivity index (χ0) is 9.52. The molecule has 78 valence electrons. The maximum atomic E-state index is 5.72. The van der Waals surface area contributed by atoms with E-state index in [9.17, 15) is 0 Å². The molecule has 1 rings (SSSR count). The zero-order valence-electron chi connectivity index (χ0n) is 8.69. The van der Waals surface area contributed by atoms with Gasteiger partial charge in [0.15, 0.2) is 0 Å². The van der Waals surface area contributed by atoms with Crippen LogP contribution in [0.5, 0.6) is 0 Å². The van der Waals surface area contributed by atoms with Crippen LogP contribution < -0.4 is 5.32 Å². The van der Waals surface area contributed by atoms with Gasteiger partial charge < -0.3 is 5.32 Å². The molecule has 0 radical (unpaired) electrons. The van der Waals surface area contributed by atoms with E-state index < -0.39 is 0 Å². The molecule has 1 saturated carbocycles. The average Bonchev–Trinajstić information content (AvgIpc) is 2.94. The molecule has 0 heterocycles. The predicted octanol–water partition coefficient (Wildman–Crippen LogP) is 3.03. The third kappa shape index (κ3) is 6.34. The van der Waals surface area contributed by atoms with E-state index in [1.807, 2.05) is 0 Å². The minimum absolute atomic E-state index is 0.687. The van der Waals surface area contributed by atoms with Crippen molar-refractivity contribution >= 4 is 11.6 Å². The molecule has 1 N–H and O–H groups in total. The highest BCUT2D eigenvalue weighted by atomic mass is 35.5. The summed E-state index contributed by atoms with van der Waals surface area (Å²) in [6.07, 6.45) is 6.89. The summed E-state index contributed by atoms with van der Waals surface area (Å²) in [6.45, 7) is 4.62. The third-order valence-corrected chi connectivity index (χ3v) is 3.27. The summed E-state index contributed by atoms with van der Waals surface area (Å²) in [4.78, 5) is 0. The standard InChI is InChI=1S/C11H22ClN/c1-10(9-12)3-2-7-13-8-6-11-4-5-11/h10-11,13H,2-9H2,1H3. The van der Waals surface area contributed by atoms with Crippen LogP contribution in [0, 0.1) is 11.8 Å². The van der Waals surface area contributed by atoms with Gasteiger partial charge in [-0.1, -0.05) is 19.8 Å². The molecule has 1 fully saturated rings. The molecule has 1 unspecified atom stereocenters. The van der Waals surface area contributed by atoms with Crippen LogP contribution in [0.15, 0.2) is 0 Å². The third-order valence-electron chi connectivity index (χ3n) is 2.74. The molecule has 0 saturated heterocycles. The lowest BCUT2D eigenvalue weighted by atomic mass is 10.1. The second-order valence-electron chi connectivity index (χ2n) is 4.38. The molecule has 13 heavy (non-hydrogen) atoms. The van der Waals surface area contributed by atoms with Crippen molar-refractivity contribution in [2.75, 3.05) is 19.0 Å². The maximum absolute atomic E-state index is 5.72. The van der Waals surface area contributed by atoms with Gasteiger partial charge in [-0.15, -0.1) is 11.6 Å². The van der Waals surface area contributed by atoms with Crippen molar-refractivity contribution in [3.63, 3.8) is 0 Å². The number of hydrogen-bond donors (Lipinski definition) is 1. The topological polar surface area (TPSA) is 12.0 Å². The van der Waals surface area contributed by atoms with Gasteiger partial charge in [0, 0.05) is 5.88 Å². The Bertz CT molecular complexity index is 123. The van der Waals surface area contributed by atoms with Crippen molar-refractivity contribution in [2.45, 2.75) is 39.0 Å². The fraction of sp³-hybridized carbons (Fsp3) is 1.00. The Hall–Kier alpha value is 0.250. The molecule has 0 spiro atoms. The van der Waals surface area contributed by atoms with Gasteiger partial charge in [0.2, 0.25) is 0 Å². The van der Waals surface area contributed by atoms with E-state index in [0.717, 1.165) is 11.8 Å². The van der Waals surface area contributed by atoms with Crippen molar-refractivity contribution < 1.29 is 0 Å². The molecular formula is C11H22ClN. The molecule has 1 aliphatic carbocycles. The molecular weight excluding hydrogens is 182 g/mol. The van der Waals surface area contributed by atoms with Crippen molar-refractivity contribution in [2.24, 2.45) is 11.8 Å². The number of halogens is 1. The first-order valence-corrected chi connectivity index (χ1v) is 6.13. The van der Waals surface area contributed by atoms with E-state index in [1.54, 1.807) is 0 Å². The lowest BCUT2D eigenvalue weighted by Gasteiger charge is -2.07. The smallest absolute Gasteiger partial charge is 0.0249 e. The van der Waals surface area contributed by atoms with Gasteiger partial charge in [0.05, 0.1) is 0 Å². The van der Waals surface area contributed by atoms with Crippen LogP contribution in [0.2, 0.25) is 0 Å². The van der Waals surface area contributed by atoms with Crippen molar-refractivity contribution in [1.82, 2.24) is 5.32 Å². The van der Waals surface area contributed by atoms with E-state index in [4.69, 9.17) is 11.6 Å². The van der Waals surface area contributed by atoms with Gasteiger partial charge in [0.25, 0.3) is 0 Å². The van der Waals surface area contributed by atoms with E-state index in [2.05, 4.69) is 12.2 Å². The van der Waals surface area contributed by atoms with Gasteiger partial charge >= 0.3 is 0 Å². The summed E-state index contributed by atoms with van der Waals surface area (Å²) in [5.41, 5.74) is 0. The fourth-order valence-electron chi connectivity index (χ4n) is 1.49. The normalized spacial score (nSPS) is 18.9. The minimum Gasteiger partial charge on any atom is -0.317 e. The first kappa shape index (κ1) is 11.3. The summed E-state index contributed by atoms with van der Waals surface area (Å²) in [7, 11) is 0. The van der Waals surface area contributed by atoms with Gasteiger partial charge in [-0.25, -0.2) is 0 Å². The summed E-state index contributed by atoms with van der Waals surface area (Å²) in [5, 5.41) is 3.49. The highest BCUT2D eigenvalue weighted by molar-refractivity contribution is 6.18. The Morgan fingerprint density at radius 3 is 2.77 bits per heavy atom. The number of hydrogen-bond acceptors (Lipinski definition) is 1. The van der Waals surface area contributed by atoms with Crippen LogP contribution in [0.25, 0.3) is 0 Å². The van der Waals surface area contributed by atoms with Crippen LogP contribution in [0.1, 0.15) is 39.0 Å². The monoisotopic (exact) mass is 203 g/mol. The molecule has 1 atom stereocenters. The first-order valence-electron chi connectivity index (χ1n) is 5.59. The molecule has 0 amide bonds. The fourth-order valence-corrected chi connectivity index (χ4v) is 1.64. The molecule has 0 aliphatic heterocycles. The molecule has 0 bridgehead atoms. The van der Waals surface area contributed by atoms with Crippen molar-refractivity contribution in [3.8, 4) is 0 Å². The largest absolute Gasteiger partial charge is 0.317 e. The average molecular weight is 204 g/mol. The summed E-state index contributed by atoms with van der Waals surface area (Å²) in [5.74, 6) is 2.56. The number of rotatable bonds is 8. The molecule has 0 aromatic heterocycles. The lowest BCUT2D eigenvalue weighted by molar-refractivity contribution is 0.521. The van der Waals surface area contributed by atoms with Crippen LogP contribution in [0.3, 0.4) is 0 Å². The Morgan fingerprint density at radius 1 is 1.38 bits per heavy atom. The second kappa shape index (κ2) is 6.67. The lowest BCUT2D eigenvalue weighted by Crippen LogP contribution is -2.17. The SMILES string of the molecule is CC(CCl)CCCNCCC1CC1. The van der Waals surface area contributed by atoms with Crippen molar-refractivity contribution in [3.05, 3.63) is 0 Å². The van der Waals surface area contributed by atoms with Crippen LogP contribution in [0.4, 0.5) is 0 Å². The van der Waals surface area contributed by atoms with Crippen molar-refractivity contribution in [1.29, 1.82) is 0 Å². The van der Waals surface area contributed by atoms with Gasteiger partial charge in [-0.2, -0.15) is 0 Å². The van der Waals surface area contributed by atoms with E-state index in [0.29, 0.717) is 5.92 Å². The van der Waals surface area contributed by atoms with Gasteiger partial charge in [-0.3, -0.25) is 0 Å². The Balaban J connectivity index is 1.72. The van der Waals surface area contributed by atoms with E-state index in [-0.39, 0.29) is 0 Å². The molecule has 0 aromatic carbocycles. The number of nitrogens with one attached hydrogen (secondary N) is 1. The molecule has 0 aromatic rings. The Kier molecular flexibility index (Phi) is 5.81. The second-order valence-corrected chi connectivity index (χ2v) is 4.69. The van der Waals surface area contributed by atoms with Crippen LogP contribution in [-0.2, 0) is 0 Å². The van der Waals surface area contributed by atoms with E-state index >= 15 is 0 Å². The zero-order valence-corrected chi connectivity index (χ0v) is 9.45. The summed E-state index contributed by atoms with van der Waals surface area (Å²) >= 11 is 5.72. The Labute approximate surface area is 87.2 Å². The first-order chi connectivity index (χ1) is 6.33. The molecule has 1 nitrogen and oxygen atoms in total. The molecule has 1 aliphatic rings. The van der Waals surface area contributed by atoms with E-state index in [1.165, 1.54) is 45.2 Å². The Morgan fingerprint density at radius 2 is 2.15 bits per heavy atom. The predicted molar refractivity (Wildman–Crippen MR) is 59.3 cm³/mol. The number of alkyl halides is 1. The summed E-state index contributed by atoms with van der Waals surface area (Å²) in [6, 6.07) is 0. The highest BCUT2D eigenvalue weighted by Gasteiger charge is 2.19. The van der Waals surface area contributed by atoms with Crippen LogP contribution >= 0.6 is 11.6 Å². The quantitative estimate of drug-likeness (QED) is 0.473. The van der Waals surface area contributed by atoms with Gasteiger partial charge in [-0.05, 0) is 44.2 Å². The minimum atomic E-state index is 0.687. The highest BCUT2D eigenvalue weighted by Crippen LogP contribution is 2.31. The maximum Gasteiger partial charge on any atom is 0.0249 e. The van der Waals surface area contributed by atoms with Crippen LogP contribution in [-0.4, -0.2) is 19.0 Å². The van der Waals surface area contributed by atoms with Gasteiger partial charge in [0.1, 0.15) is 0 Å².